The van der Waals surface area contributed by atoms with Crippen molar-refractivity contribution in [1.29, 1.82) is 0 Å². The topological polar surface area (TPSA) is 75.6 Å². The molecule has 0 saturated heterocycles. The minimum Gasteiger partial charge on any atom is -0.481 e. The Morgan fingerprint density at radius 2 is 1.57 bits per heavy atom. The summed E-state index contributed by atoms with van der Waals surface area (Å²) in [6.07, 6.45) is 0.833. The lowest BCUT2D eigenvalue weighted by Crippen LogP contribution is -2.18. The second-order valence-electron chi connectivity index (χ2n) is 7.40. The van der Waals surface area contributed by atoms with Crippen molar-refractivity contribution in [2.45, 2.75) is 25.2 Å². The van der Waals surface area contributed by atoms with Gasteiger partial charge in [0.1, 0.15) is 6.61 Å². The highest BCUT2D eigenvalue weighted by Gasteiger charge is 2.28. The molecule has 5 nitrogen and oxygen atoms in total. The van der Waals surface area contributed by atoms with Gasteiger partial charge in [-0.1, -0.05) is 60.7 Å². The van der Waals surface area contributed by atoms with Crippen molar-refractivity contribution in [3.63, 3.8) is 0 Å². The van der Waals surface area contributed by atoms with Crippen LogP contribution in [0.5, 0.6) is 0 Å². The summed E-state index contributed by atoms with van der Waals surface area (Å²) < 4.78 is 5.57. The van der Waals surface area contributed by atoms with Gasteiger partial charge in [-0.25, -0.2) is 4.79 Å². The first kappa shape index (κ1) is 19.7. The molecule has 4 rings (SSSR count). The molecule has 0 aliphatic heterocycles. The number of nitrogens with one attached hydrogen (secondary N) is 1. The van der Waals surface area contributed by atoms with Crippen LogP contribution in [-0.4, -0.2) is 23.8 Å². The fourth-order valence-electron chi connectivity index (χ4n) is 4.00. The van der Waals surface area contributed by atoms with Crippen molar-refractivity contribution < 1.29 is 19.4 Å². The smallest absolute Gasteiger partial charge is 0.411 e. The highest BCUT2D eigenvalue weighted by atomic mass is 16.5. The number of carboxylic acids is 1. The number of aliphatic carboxylic acids is 1. The van der Waals surface area contributed by atoms with Gasteiger partial charge in [0.2, 0.25) is 0 Å². The molecule has 0 atom stereocenters. The van der Waals surface area contributed by atoms with Crippen LogP contribution in [0.15, 0.2) is 72.8 Å². The summed E-state index contributed by atoms with van der Waals surface area (Å²) in [7, 11) is 0. The lowest BCUT2D eigenvalue weighted by Gasteiger charge is -2.15. The molecule has 3 aromatic carbocycles. The lowest BCUT2D eigenvalue weighted by atomic mass is 9.98. The summed E-state index contributed by atoms with van der Waals surface area (Å²) >= 11 is 0. The molecule has 1 amide bonds. The van der Waals surface area contributed by atoms with E-state index in [2.05, 4.69) is 29.6 Å². The Balaban J connectivity index is 1.38. The van der Waals surface area contributed by atoms with Crippen molar-refractivity contribution in [2.75, 3.05) is 11.9 Å². The molecule has 3 aromatic rings. The highest BCUT2D eigenvalue weighted by molar-refractivity contribution is 5.85. The molecule has 152 valence electrons. The molecule has 0 heterocycles. The molecule has 0 unspecified atom stereocenters. The van der Waals surface area contributed by atoms with E-state index < -0.39 is 12.1 Å². The maximum absolute atomic E-state index is 12.4. The molecule has 0 bridgehead atoms. The third-order valence-electron chi connectivity index (χ3n) is 5.37. The molecule has 5 heteroatoms. The van der Waals surface area contributed by atoms with E-state index in [0.29, 0.717) is 18.5 Å². The minimum atomic E-state index is -0.803. The van der Waals surface area contributed by atoms with E-state index in [9.17, 15) is 9.59 Å². The molecule has 0 aromatic heterocycles. The Hall–Kier alpha value is -3.60. The monoisotopic (exact) mass is 401 g/mol. The van der Waals surface area contributed by atoms with Crippen LogP contribution in [0.4, 0.5) is 10.5 Å². The second kappa shape index (κ2) is 8.82. The quantitative estimate of drug-likeness (QED) is 0.552. The van der Waals surface area contributed by atoms with Gasteiger partial charge in [0, 0.05) is 18.0 Å². The van der Waals surface area contributed by atoms with Crippen molar-refractivity contribution in [3.8, 4) is 11.1 Å². The van der Waals surface area contributed by atoms with Crippen LogP contribution < -0.4 is 5.32 Å². The third-order valence-corrected chi connectivity index (χ3v) is 5.37. The Morgan fingerprint density at radius 1 is 0.900 bits per heavy atom. The Morgan fingerprint density at radius 3 is 2.23 bits per heavy atom. The van der Waals surface area contributed by atoms with Gasteiger partial charge in [0.15, 0.2) is 0 Å². The van der Waals surface area contributed by atoms with Crippen molar-refractivity contribution in [2.24, 2.45) is 0 Å². The van der Waals surface area contributed by atoms with Crippen molar-refractivity contribution >= 4 is 17.7 Å². The SMILES string of the molecule is O=C(O)CCCc1cccc(NC(=O)OCC2c3ccccc3-c3ccccc32)c1. The number of fused-ring (bicyclic) bond motifs is 3. The maximum Gasteiger partial charge on any atom is 0.411 e. The molecule has 2 N–H and O–H groups in total. The van der Waals surface area contributed by atoms with Crippen molar-refractivity contribution in [3.05, 3.63) is 89.5 Å². The van der Waals surface area contributed by atoms with E-state index in [0.717, 1.165) is 5.56 Å². The number of carbonyl (C=O) groups is 2. The number of hydrogen-bond donors (Lipinski definition) is 2. The number of benzene rings is 3. The van der Waals surface area contributed by atoms with Gasteiger partial charge in [0.25, 0.3) is 0 Å². The molecule has 0 radical (unpaired) electrons. The number of amides is 1. The van der Waals surface area contributed by atoms with Crippen LogP contribution in [0.2, 0.25) is 0 Å². The predicted octanol–water partition coefficient (Wildman–Crippen LogP) is 5.45. The summed E-state index contributed by atoms with van der Waals surface area (Å²) in [5, 5.41) is 11.5. The summed E-state index contributed by atoms with van der Waals surface area (Å²) in [5.41, 5.74) is 6.35. The number of carboxylic acid groups (broad SMARTS) is 1. The zero-order valence-corrected chi connectivity index (χ0v) is 16.5. The Labute approximate surface area is 175 Å². The van der Waals surface area contributed by atoms with Crippen molar-refractivity contribution in [1.82, 2.24) is 0 Å². The first-order valence-corrected chi connectivity index (χ1v) is 10.0. The first-order chi connectivity index (χ1) is 14.6. The zero-order valence-electron chi connectivity index (χ0n) is 16.5. The van der Waals surface area contributed by atoms with Crippen LogP contribution in [0.3, 0.4) is 0 Å². The van der Waals surface area contributed by atoms with Gasteiger partial charge in [-0.2, -0.15) is 0 Å². The molecular formula is C25H23NO4. The summed E-state index contributed by atoms with van der Waals surface area (Å²) in [5.74, 6) is -0.784. The minimum absolute atomic E-state index is 0.0190. The fraction of sp³-hybridized carbons (Fsp3) is 0.200. The third kappa shape index (κ3) is 4.35. The number of rotatable bonds is 7. The predicted molar refractivity (Wildman–Crippen MR) is 116 cm³/mol. The molecule has 0 spiro atoms. The van der Waals surface area contributed by atoms with E-state index in [-0.39, 0.29) is 18.9 Å². The number of ether oxygens (including phenoxy) is 1. The fourth-order valence-corrected chi connectivity index (χ4v) is 4.00. The number of hydrogen-bond acceptors (Lipinski definition) is 3. The normalized spacial score (nSPS) is 12.1. The van der Waals surface area contributed by atoms with E-state index in [1.807, 2.05) is 42.5 Å². The van der Waals surface area contributed by atoms with Gasteiger partial charge in [-0.05, 0) is 52.8 Å². The van der Waals surface area contributed by atoms with Crippen LogP contribution in [0.25, 0.3) is 11.1 Å². The molecule has 0 saturated carbocycles. The number of carbonyl (C=O) groups excluding carboxylic acids is 1. The zero-order chi connectivity index (χ0) is 20.9. The van der Waals surface area contributed by atoms with E-state index in [4.69, 9.17) is 9.84 Å². The summed E-state index contributed by atoms with van der Waals surface area (Å²) in [6, 6.07) is 23.8. The molecule has 0 fully saturated rings. The van der Waals surface area contributed by atoms with E-state index in [1.54, 1.807) is 6.07 Å². The van der Waals surface area contributed by atoms with Gasteiger partial charge < -0.3 is 9.84 Å². The Bertz CT molecular complexity index is 1030. The molecule has 30 heavy (non-hydrogen) atoms. The second-order valence-corrected chi connectivity index (χ2v) is 7.40. The van der Waals surface area contributed by atoms with Gasteiger partial charge in [0.05, 0.1) is 0 Å². The standard InChI is InChI=1S/C25H23NO4/c27-24(28)14-6-8-17-7-5-9-18(15-17)26-25(29)30-16-23-21-12-3-1-10-19(21)20-11-2-4-13-22(20)23/h1-5,7,9-13,15,23H,6,8,14,16H2,(H,26,29)(H,27,28). The van der Waals surface area contributed by atoms with Crippen LogP contribution in [0.1, 0.15) is 35.4 Å². The Kier molecular flexibility index (Phi) is 5.80. The summed E-state index contributed by atoms with van der Waals surface area (Å²) in [6.45, 7) is 0.262. The summed E-state index contributed by atoms with van der Waals surface area (Å²) in [4.78, 5) is 23.1. The maximum atomic E-state index is 12.4. The largest absolute Gasteiger partial charge is 0.481 e. The lowest BCUT2D eigenvalue weighted by molar-refractivity contribution is -0.137. The van der Waals surface area contributed by atoms with Gasteiger partial charge in [-0.15, -0.1) is 0 Å². The van der Waals surface area contributed by atoms with E-state index >= 15 is 0 Å². The van der Waals surface area contributed by atoms with Gasteiger partial charge in [-0.3, -0.25) is 10.1 Å². The van der Waals surface area contributed by atoms with E-state index in [1.165, 1.54) is 22.3 Å². The van der Waals surface area contributed by atoms with Crippen LogP contribution >= 0.6 is 0 Å². The van der Waals surface area contributed by atoms with Crippen LogP contribution in [0, 0.1) is 0 Å². The number of aryl methyl sites for hydroxylation is 1. The highest BCUT2D eigenvalue weighted by Crippen LogP contribution is 2.44. The average molecular weight is 401 g/mol. The molecule has 1 aliphatic carbocycles. The van der Waals surface area contributed by atoms with Crippen LogP contribution in [-0.2, 0) is 16.0 Å². The average Bonchev–Trinajstić information content (AvgIpc) is 3.06. The molecular weight excluding hydrogens is 378 g/mol. The number of anilines is 1. The molecule has 1 aliphatic rings. The first-order valence-electron chi connectivity index (χ1n) is 10.0. The van der Waals surface area contributed by atoms with Gasteiger partial charge >= 0.3 is 12.1 Å².